The molecule has 0 aromatic heterocycles. The van der Waals surface area contributed by atoms with Gasteiger partial charge in [-0.25, -0.2) is 4.39 Å². The van der Waals surface area contributed by atoms with E-state index in [1.165, 1.54) is 12.1 Å². The largest absolute Gasteiger partial charge is 0.497 e. The van der Waals surface area contributed by atoms with Crippen LogP contribution >= 0.6 is 11.6 Å². The van der Waals surface area contributed by atoms with Crippen LogP contribution in [0, 0.1) is 19.7 Å². The van der Waals surface area contributed by atoms with Crippen molar-refractivity contribution in [3.63, 3.8) is 0 Å². The number of aryl methyl sites for hydroxylation is 2. The van der Waals surface area contributed by atoms with Gasteiger partial charge in [0.15, 0.2) is 0 Å². The molecule has 2 aromatic rings. The summed E-state index contributed by atoms with van der Waals surface area (Å²) in [4.78, 5) is 0. The van der Waals surface area contributed by atoms with Crippen molar-refractivity contribution >= 4 is 11.6 Å². The lowest BCUT2D eigenvalue weighted by Gasteiger charge is -2.19. The van der Waals surface area contributed by atoms with E-state index < -0.39 is 5.38 Å². The molecule has 0 aliphatic heterocycles. The second-order valence-corrected chi connectivity index (χ2v) is 5.36. The molecule has 0 bridgehead atoms. The highest BCUT2D eigenvalue weighted by Gasteiger charge is 2.21. The molecule has 1 atom stereocenters. The minimum atomic E-state index is -0.435. The Labute approximate surface area is 129 Å². The van der Waals surface area contributed by atoms with Crippen molar-refractivity contribution in [1.82, 2.24) is 0 Å². The first-order valence-electron chi connectivity index (χ1n) is 6.60. The molecule has 2 rings (SSSR count). The number of benzene rings is 2. The molecule has 0 aliphatic rings. The molecule has 21 heavy (non-hydrogen) atoms. The van der Waals surface area contributed by atoms with Gasteiger partial charge in [-0.1, -0.05) is 0 Å². The molecule has 1 unspecified atom stereocenters. The van der Waals surface area contributed by atoms with Crippen molar-refractivity contribution in [2.75, 3.05) is 14.2 Å². The van der Waals surface area contributed by atoms with Crippen molar-refractivity contribution in [2.24, 2.45) is 0 Å². The maximum absolute atomic E-state index is 13.5. The second-order valence-electron chi connectivity index (χ2n) is 4.92. The zero-order chi connectivity index (χ0) is 15.6. The molecule has 0 spiro atoms. The second kappa shape index (κ2) is 6.35. The molecule has 2 aromatic carbocycles. The quantitative estimate of drug-likeness (QED) is 0.756. The molecule has 0 fully saturated rings. The lowest BCUT2D eigenvalue weighted by atomic mass is 9.95. The summed E-state index contributed by atoms with van der Waals surface area (Å²) in [7, 11) is 3.20. The third-order valence-corrected chi connectivity index (χ3v) is 3.98. The van der Waals surface area contributed by atoms with Crippen LogP contribution in [0.25, 0.3) is 0 Å². The first-order valence-corrected chi connectivity index (χ1v) is 7.04. The minimum Gasteiger partial charge on any atom is -0.497 e. The zero-order valence-electron chi connectivity index (χ0n) is 12.5. The summed E-state index contributed by atoms with van der Waals surface area (Å²) in [6, 6.07) is 8.46. The Hall–Kier alpha value is -1.74. The SMILES string of the molecule is COc1ccc(OC)c(C(Cl)c2c(C)cc(F)cc2C)c1. The van der Waals surface area contributed by atoms with Gasteiger partial charge in [0, 0.05) is 5.56 Å². The predicted molar refractivity (Wildman–Crippen MR) is 83.1 cm³/mol. The highest BCUT2D eigenvalue weighted by molar-refractivity contribution is 6.23. The lowest BCUT2D eigenvalue weighted by Crippen LogP contribution is -2.03. The van der Waals surface area contributed by atoms with Gasteiger partial charge in [0.2, 0.25) is 0 Å². The number of rotatable bonds is 4. The van der Waals surface area contributed by atoms with E-state index in [0.29, 0.717) is 11.5 Å². The van der Waals surface area contributed by atoms with Crippen LogP contribution in [0.15, 0.2) is 30.3 Å². The average molecular weight is 309 g/mol. The zero-order valence-corrected chi connectivity index (χ0v) is 13.3. The van der Waals surface area contributed by atoms with E-state index in [4.69, 9.17) is 21.1 Å². The van der Waals surface area contributed by atoms with E-state index in [9.17, 15) is 4.39 Å². The average Bonchev–Trinajstić information content (AvgIpc) is 2.45. The summed E-state index contributed by atoms with van der Waals surface area (Å²) in [5, 5.41) is -0.435. The summed E-state index contributed by atoms with van der Waals surface area (Å²) in [5.74, 6) is 1.13. The minimum absolute atomic E-state index is 0.254. The molecular weight excluding hydrogens is 291 g/mol. The van der Waals surface area contributed by atoms with Crippen molar-refractivity contribution in [1.29, 1.82) is 0 Å². The van der Waals surface area contributed by atoms with Gasteiger partial charge in [0.25, 0.3) is 0 Å². The summed E-state index contributed by atoms with van der Waals surface area (Å²) in [5.41, 5.74) is 3.33. The Bertz CT molecular complexity index is 632. The maximum Gasteiger partial charge on any atom is 0.124 e. The molecule has 0 saturated heterocycles. The Morgan fingerprint density at radius 3 is 2.14 bits per heavy atom. The van der Waals surface area contributed by atoms with Crippen LogP contribution < -0.4 is 9.47 Å². The van der Waals surface area contributed by atoms with Crippen molar-refractivity contribution < 1.29 is 13.9 Å². The van der Waals surface area contributed by atoms with Crippen molar-refractivity contribution in [3.05, 3.63) is 58.4 Å². The van der Waals surface area contributed by atoms with Gasteiger partial charge in [-0.3, -0.25) is 0 Å². The molecule has 0 heterocycles. The lowest BCUT2D eigenvalue weighted by molar-refractivity contribution is 0.399. The molecule has 0 amide bonds. The van der Waals surface area contributed by atoms with E-state index >= 15 is 0 Å². The summed E-state index contributed by atoms with van der Waals surface area (Å²) >= 11 is 6.65. The first kappa shape index (κ1) is 15.6. The molecule has 0 N–H and O–H groups in total. The fourth-order valence-electron chi connectivity index (χ4n) is 2.51. The highest BCUT2D eigenvalue weighted by atomic mass is 35.5. The van der Waals surface area contributed by atoms with E-state index in [1.54, 1.807) is 14.2 Å². The van der Waals surface area contributed by atoms with Gasteiger partial charge in [0.05, 0.1) is 19.6 Å². The summed E-state index contributed by atoms with van der Waals surface area (Å²) in [6.45, 7) is 3.71. The van der Waals surface area contributed by atoms with Crippen LogP contribution in [0.4, 0.5) is 4.39 Å². The van der Waals surface area contributed by atoms with Crippen LogP contribution in [0.2, 0.25) is 0 Å². The monoisotopic (exact) mass is 308 g/mol. The van der Waals surface area contributed by atoms with Crippen molar-refractivity contribution in [2.45, 2.75) is 19.2 Å². The van der Waals surface area contributed by atoms with Gasteiger partial charge >= 0.3 is 0 Å². The van der Waals surface area contributed by atoms with Crippen molar-refractivity contribution in [3.8, 4) is 11.5 Å². The highest BCUT2D eigenvalue weighted by Crippen LogP contribution is 2.39. The number of ether oxygens (including phenoxy) is 2. The number of methoxy groups -OCH3 is 2. The fraction of sp³-hybridized carbons (Fsp3) is 0.294. The summed E-state index contributed by atoms with van der Waals surface area (Å²) < 4.78 is 24.1. The van der Waals surface area contributed by atoms with E-state index in [-0.39, 0.29) is 5.82 Å². The molecule has 112 valence electrons. The van der Waals surface area contributed by atoms with Gasteiger partial charge < -0.3 is 9.47 Å². The molecule has 0 radical (unpaired) electrons. The van der Waals surface area contributed by atoms with E-state index in [0.717, 1.165) is 22.3 Å². The third kappa shape index (κ3) is 3.13. The third-order valence-electron chi connectivity index (χ3n) is 3.52. The summed E-state index contributed by atoms with van der Waals surface area (Å²) in [6.07, 6.45) is 0. The smallest absolute Gasteiger partial charge is 0.124 e. The molecule has 2 nitrogen and oxygen atoms in total. The molecular formula is C17H18ClFO2. The molecule has 0 saturated carbocycles. The topological polar surface area (TPSA) is 18.5 Å². The number of halogens is 2. The van der Waals surface area contributed by atoms with Crippen LogP contribution in [0.5, 0.6) is 11.5 Å². The van der Waals surface area contributed by atoms with Gasteiger partial charge in [-0.2, -0.15) is 0 Å². The van der Waals surface area contributed by atoms with Crippen LogP contribution in [0.3, 0.4) is 0 Å². The number of hydrogen-bond acceptors (Lipinski definition) is 2. The predicted octanol–water partition coefficient (Wildman–Crippen LogP) is 4.79. The van der Waals surface area contributed by atoms with E-state index in [1.807, 2.05) is 32.0 Å². The Morgan fingerprint density at radius 1 is 1.00 bits per heavy atom. The van der Waals surface area contributed by atoms with Gasteiger partial charge in [0.1, 0.15) is 17.3 Å². The fourth-order valence-corrected chi connectivity index (χ4v) is 3.03. The Balaban J connectivity index is 2.56. The van der Waals surface area contributed by atoms with Gasteiger partial charge in [-0.05, 0) is 60.9 Å². The molecule has 4 heteroatoms. The van der Waals surface area contributed by atoms with Crippen LogP contribution in [0.1, 0.15) is 27.6 Å². The first-order chi connectivity index (χ1) is 9.97. The number of alkyl halides is 1. The van der Waals surface area contributed by atoms with E-state index in [2.05, 4.69) is 0 Å². The van der Waals surface area contributed by atoms with Crippen LogP contribution in [-0.4, -0.2) is 14.2 Å². The number of hydrogen-bond donors (Lipinski definition) is 0. The molecule has 0 aliphatic carbocycles. The normalized spacial score (nSPS) is 12.1. The Morgan fingerprint density at radius 2 is 1.62 bits per heavy atom. The van der Waals surface area contributed by atoms with Crippen LogP contribution in [-0.2, 0) is 0 Å². The van der Waals surface area contributed by atoms with Gasteiger partial charge in [-0.15, -0.1) is 11.6 Å². The standard InChI is InChI=1S/C17H18ClFO2/c1-10-7-12(19)8-11(2)16(10)17(18)14-9-13(20-3)5-6-15(14)21-4/h5-9,17H,1-4H3. The maximum atomic E-state index is 13.5. The Kier molecular flexibility index (Phi) is 4.73.